The van der Waals surface area contributed by atoms with Gasteiger partial charge in [0.1, 0.15) is 0 Å². The number of hydrogen-bond donors (Lipinski definition) is 1. The van der Waals surface area contributed by atoms with Gasteiger partial charge in [-0.15, -0.1) is 0 Å². The number of rotatable bonds is 5. The van der Waals surface area contributed by atoms with Crippen molar-refractivity contribution >= 4 is 12.1 Å². The number of nitrogens with one attached hydrogen (secondary N) is 1. The standard InChI is InChI=1S/C20H23N3O/c24-20(19-9-5-2-6-10-19)22-21-15-17-11-13-23(14-12-17)16-18-7-3-1-4-8-18/h1-10,15,17H,11-14,16H2,(H,22,24). The summed E-state index contributed by atoms with van der Waals surface area (Å²) in [6.45, 7) is 3.14. The first kappa shape index (κ1) is 16.4. The highest BCUT2D eigenvalue weighted by Gasteiger charge is 2.17. The summed E-state index contributed by atoms with van der Waals surface area (Å²) in [6, 6.07) is 19.7. The maximum Gasteiger partial charge on any atom is 0.271 e. The molecular formula is C20H23N3O. The Morgan fingerprint density at radius 2 is 1.67 bits per heavy atom. The Labute approximate surface area is 143 Å². The highest BCUT2D eigenvalue weighted by atomic mass is 16.2. The molecule has 24 heavy (non-hydrogen) atoms. The van der Waals surface area contributed by atoms with Crippen LogP contribution in [-0.2, 0) is 6.54 Å². The Bertz CT molecular complexity index is 662. The molecule has 3 rings (SSSR count). The van der Waals surface area contributed by atoms with Crippen molar-refractivity contribution in [2.75, 3.05) is 13.1 Å². The van der Waals surface area contributed by atoms with E-state index in [0.29, 0.717) is 11.5 Å². The van der Waals surface area contributed by atoms with Crippen LogP contribution in [0.2, 0.25) is 0 Å². The third-order valence-corrected chi connectivity index (χ3v) is 4.37. The first-order valence-corrected chi connectivity index (χ1v) is 8.46. The minimum Gasteiger partial charge on any atom is -0.299 e. The van der Waals surface area contributed by atoms with Crippen molar-refractivity contribution in [1.29, 1.82) is 0 Å². The zero-order chi connectivity index (χ0) is 16.6. The van der Waals surface area contributed by atoms with E-state index in [1.54, 1.807) is 12.1 Å². The molecule has 0 radical (unpaired) electrons. The Morgan fingerprint density at radius 3 is 2.33 bits per heavy atom. The van der Waals surface area contributed by atoms with Gasteiger partial charge in [-0.25, -0.2) is 5.43 Å². The van der Waals surface area contributed by atoms with Crippen LogP contribution in [0.25, 0.3) is 0 Å². The van der Waals surface area contributed by atoms with Gasteiger partial charge in [0.25, 0.3) is 5.91 Å². The molecule has 1 amide bonds. The summed E-state index contributed by atoms with van der Waals surface area (Å²) in [5.74, 6) is 0.279. The van der Waals surface area contributed by atoms with Crippen LogP contribution in [0, 0.1) is 5.92 Å². The number of hydrazone groups is 1. The fourth-order valence-electron chi connectivity index (χ4n) is 2.96. The zero-order valence-electron chi connectivity index (χ0n) is 13.8. The number of carbonyl (C=O) groups excluding carboxylic acids is 1. The second kappa shape index (κ2) is 8.41. The van der Waals surface area contributed by atoms with Crippen LogP contribution < -0.4 is 5.43 Å². The SMILES string of the molecule is O=C(NN=CC1CCN(Cc2ccccc2)CC1)c1ccccc1. The summed E-state index contributed by atoms with van der Waals surface area (Å²) in [5, 5.41) is 4.14. The van der Waals surface area contributed by atoms with E-state index in [-0.39, 0.29) is 5.91 Å². The molecule has 2 aromatic rings. The minimum absolute atomic E-state index is 0.159. The molecule has 1 saturated heterocycles. The van der Waals surface area contributed by atoms with E-state index in [4.69, 9.17) is 0 Å². The van der Waals surface area contributed by atoms with Gasteiger partial charge in [0, 0.05) is 18.3 Å². The molecule has 4 heteroatoms. The smallest absolute Gasteiger partial charge is 0.271 e. The van der Waals surface area contributed by atoms with Gasteiger partial charge in [0.15, 0.2) is 0 Å². The minimum atomic E-state index is -0.159. The summed E-state index contributed by atoms with van der Waals surface area (Å²) in [6.07, 6.45) is 4.05. The fraction of sp³-hybridized carbons (Fsp3) is 0.300. The first-order valence-electron chi connectivity index (χ1n) is 8.46. The molecule has 0 unspecified atom stereocenters. The third-order valence-electron chi connectivity index (χ3n) is 4.37. The van der Waals surface area contributed by atoms with Crippen LogP contribution in [0.3, 0.4) is 0 Å². The van der Waals surface area contributed by atoms with Crippen molar-refractivity contribution < 1.29 is 4.79 Å². The van der Waals surface area contributed by atoms with E-state index in [2.05, 4.69) is 45.8 Å². The van der Waals surface area contributed by atoms with Crippen molar-refractivity contribution in [3.8, 4) is 0 Å². The normalized spacial score (nSPS) is 16.3. The maximum atomic E-state index is 11.9. The van der Waals surface area contributed by atoms with Crippen LogP contribution in [0.15, 0.2) is 65.8 Å². The lowest BCUT2D eigenvalue weighted by molar-refractivity contribution is 0.0954. The maximum absolute atomic E-state index is 11.9. The largest absolute Gasteiger partial charge is 0.299 e. The molecule has 1 fully saturated rings. The molecule has 0 bridgehead atoms. The van der Waals surface area contributed by atoms with Gasteiger partial charge < -0.3 is 0 Å². The van der Waals surface area contributed by atoms with Gasteiger partial charge in [0.05, 0.1) is 0 Å². The van der Waals surface area contributed by atoms with Crippen molar-refractivity contribution in [3.05, 3.63) is 71.8 Å². The number of nitrogens with zero attached hydrogens (tertiary/aromatic N) is 2. The van der Waals surface area contributed by atoms with E-state index >= 15 is 0 Å². The van der Waals surface area contributed by atoms with E-state index in [1.807, 2.05) is 24.4 Å². The molecule has 1 N–H and O–H groups in total. The molecular weight excluding hydrogens is 298 g/mol. The molecule has 0 aliphatic carbocycles. The van der Waals surface area contributed by atoms with Gasteiger partial charge in [-0.2, -0.15) is 5.10 Å². The van der Waals surface area contributed by atoms with E-state index in [9.17, 15) is 4.79 Å². The number of benzene rings is 2. The van der Waals surface area contributed by atoms with Crippen LogP contribution in [0.5, 0.6) is 0 Å². The van der Waals surface area contributed by atoms with Gasteiger partial charge in [-0.05, 0) is 49.5 Å². The van der Waals surface area contributed by atoms with Crippen molar-refractivity contribution in [3.63, 3.8) is 0 Å². The lowest BCUT2D eigenvalue weighted by atomic mass is 9.98. The molecule has 4 nitrogen and oxygen atoms in total. The predicted molar refractivity (Wildman–Crippen MR) is 96.8 cm³/mol. The van der Waals surface area contributed by atoms with Gasteiger partial charge in [-0.3, -0.25) is 9.69 Å². The molecule has 124 valence electrons. The summed E-state index contributed by atoms with van der Waals surface area (Å²) < 4.78 is 0. The van der Waals surface area contributed by atoms with E-state index < -0.39 is 0 Å². The Balaban J connectivity index is 1.41. The molecule has 0 atom stereocenters. The molecule has 2 aromatic carbocycles. The Hall–Kier alpha value is -2.46. The average Bonchev–Trinajstić information content (AvgIpc) is 2.65. The number of piperidine rings is 1. The second-order valence-electron chi connectivity index (χ2n) is 6.18. The zero-order valence-corrected chi connectivity index (χ0v) is 13.8. The van der Waals surface area contributed by atoms with Crippen molar-refractivity contribution in [2.45, 2.75) is 19.4 Å². The average molecular weight is 321 g/mol. The number of hydrogen-bond acceptors (Lipinski definition) is 3. The number of carbonyl (C=O) groups is 1. The van der Waals surface area contributed by atoms with Gasteiger partial charge >= 0.3 is 0 Å². The molecule has 1 aliphatic rings. The summed E-state index contributed by atoms with van der Waals surface area (Å²) in [5.41, 5.74) is 4.61. The Kier molecular flexibility index (Phi) is 5.75. The van der Waals surface area contributed by atoms with Crippen molar-refractivity contribution in [2.24, 2.45) is 11.0 Å². The third kappa shape index (κ3) is 4.77. The molecule has 0 aromatic heterocycles. The monoisotopic (exact) mass is 321 g/mol. The lowest BCUT2D eigenvalue weighted by Gasteiger charge is -2.30. The topological polar surface area (TPSA) is 44.7 Å². The Morgan fingerprint density at radius 1 is 1.04 bits per heavy atom. The van der Waals surface area contributed by atoms with Gasteiger partial charge in [-0.1, -0.05) is 48.5 Å². The molecule has 1 aliphatic heterocycles. The van der Waals surface area contributed by atoms with Crippen LogP contribution >= 0.6 is 0 Å². The van der Waals surface area contributed by atoms with Gasteiger partial charge in [0.2, 0.25) is 0 Å². The fourth-order valence-corrected chi connectivity index (χ4v) is 2.96. The quantitative estimate of drug-likeness (QED) is 0.678. The summed E-state index contributed by atoms with van der Waals surface area (Å²) in [4.78, 5) is 14.4. The van der Waals surface area contributed by atoms with E-state index in [0.717, 1.165) is 32.5 Å². The van der Waals surface area contributed by atoms with Crippen LogP contribution in [-0.4, -0.2) is 30.1 Å². The second-order valence-corrected chi connectivity index (χ2v) is 6.18. The first-order chi connectivity index (χ1) is 11.8. The summed E-state index contributed by atoms with van der Waals surface area (Å²) >= 11 is 0. The summed E-state index contributed by atoms with van der Waals surface area (Å²) in [7, 11) is 0. The molecule has 1 heterocycles. The van der Waals surface area contributed by atoms with Crippen molar-refractivity contribution in [1.82, 2.24) is 10.3 Å². The number of likely N-dealkylation sites (tertiary alicyclic amines) is 1. The number of amides is 1. The lowest BCUT2D eigenvalue weighted by Crippen LogP contribution is -2.34. The highest BCUT2D eigenvalue weighted by Crippen LogP contribution is 2.17. The van der Waals surface area contributed by atoms with Crippen LogP contribution in [0.1, 0.15) is 28.8 Å². The predicted octanol–water partition coefficient (Wildman–Crippen LogP) is 3.31. The molecule has 0 spiro atoms. The highest BCUT2D eigenvalue weighted by molar-refractivity contribution is 5.94. The van der Waals surface area contributed by atoms with E-state index in [1.165, 1.54) is 5.56 Å². The molecule has 0 saturated carbocycles. The van der Waals surface area contributed by atoms with Crippen LogP contribution in [0.4, 0.5) is 0 Å².